The molecule has 3 aromatic carbocycles. The summed E-state index contributed by atoms with van der Waals surface area (Å²) >= 11 is 0. The molecular formula is C35H35F2N3O7. The highest BCUT2D eigenvalue weighted by Gasteiger charge is 2.32. The van der Waals surface area contributed by atoms with Crippen LogP contribution in [0, 0.1) is 24.5 Å². The number of aromatic nitrogens is 2. The number of carbonyl (C=O) groups excluding carboxylic acids is 2. The van der Waals surface area contributed by atoms with Crippen molar-refractivity contribution in [3.8, 4) is 22.6 Å². The van der Waals surface area contributed by atoms with Gasteiger partial charge >= 0.3 is 12.1 Å². The van der Waals surface area contributed by atoms with Gasteiger partial charge in [0.2, 0.25) is 5.62 Å². The van der Waals surface area contributed by atoms with Crippen molar-refractivity contribution < 1.29 is 42.5 Å². The fourth-order valence-electron chi connectivity index (χ4n) is 5.43. The van der Waals surface area contributed by atoms with E-state index in [9.17, 15) is 23.2 Å². The third-order valence-electron chi connectivity index (χ3n) is 7.50. The highest BCUT2D eigenvalue weighted by atomic mass is 19.1. The highest BCUT2D eigenvalue weighted by Crippen LogP contribution is 2.41. The molecule has 1 aliphatic rings. The first-order chi connectivity index (χ1) is 22.2. The number of carboxylic acids is 1. The predicted molar refractivity (Wildman–Crippen MR) is 167 cm³/mol. The van der Waals surface area contributed by atoms with Crippen molar-refractivity contribution in [1.82, 2.24) is 9.13 Å². The second kappa shape index (κ2) is 13.2. The van der Waals surface area contributed by atoms with Gasteiger partial charge in [0.25, 0.3) is 0 Å². The van der Waals surface area contributed by atoms with Crippen molar-refractivity contribution >= 4 is 17.8 Å². The van der Waals surface area contributed by atoms with Crippen LogP contribution >= 0.6 is 0 Å². The predicted octanol–water partition coefficient (Wildman–Crippen LogP) is 5.86. The first-order valence-corrected chi connectivity index (χ1v) is 14.9. The number of Topliss-reactive ketones (excluding diaryl/α,β-unsaturated/α-hetero) is 1. The first-order valence-electron chi connectivity index (χ1n) is 14.9. The molecule has 1 aromatic heterocycles. The number of halogens is 2. The van der Waals surface area contributed by atoms with E-state index in [1.54, 1.807) is 68.4 Å². The SMILES string of the molecule is Cc1cc(F)ccc1-c1cc(Cn2ccn(C)/c2=N/C(=O)OC(C)(C)C)cc2c1OC[C@H](Cc1ccc(F)c(OCC(=O)O)c1)C2=O. The van der Waals surface area contributed by atoms with Crippen molar-refractivity contribution in [2.45, 2.75) is 46.3 Å². The maximum absolute atomic E-state index is 14.3. The van der Waals surface area contributed by atoms with Gasteiger partial charge in [-0.25, -0.2) is 18.4 Å². The van der Waals surface area contributed by atoms with Gasteiger partial charge in [0.15, 0.2) is 24.0 Å². The van der Waals surface area contributed by atoms with Gasteiger partial charge in [-0.2, -0.15) is 0 Å². The lowest BCUT2D eigenvalue weighted by molar-refractivity contribution is -0.139. The van der Waals surface area contributed by atoms with Crippen LogP contribution < -0.4 is 15.1 Å². The number of aliphatic carboxylic acids is 1. The zero-order valence-electron chi connectivity index (χ0n) is 26.7. The fourth-order valence-corrected chi connectivity index (χ4v) is 5.43. The summed E-state index contributed by atoms with van der Waals surface area (Å²) in [5.41, 5.74) is 3.13. The lowest BCUT2D eigenvalue weighted by atomic mass is 9.86. The average molecular weight is 648 g/mol. The van der Waals surface area contributed by atoms with Gasteiger partial charge in [0, 0.05) is 25.0 Å². The lowest BCUT2D eigenvalue weighted by Gasteiger charge is -2.27. The van der Waals surface area contributed by atoms with Gasteiger partial charge in [-0.3, -0.25) is 4.79 Å². The summed E-state index contributed by atoms with van der Waals surface area (Å²) in [6, 6.07) is 12.1. The number of fused-ring (bicyclic) bond motifs is 1. The van der Waals surface area contributed by atoms with E-state index in [2.05, 4.69) is 4.99 Å². The minimum atomic E-state index is -1.25. The number of imidazole rings is 1. The van der Waals surface area contributed by atoms with Crippen molar-refractivity contribution in [3.05, 3.63) is 100 Å². The standard InChI is InChI=1S/C35H35F2N3O7/c1-20-12-24(36)7-8-25(20)26-14-22(17-40-11-10-39(5)33(40)38-34(44)47-35(2,3)4)15-27-31(43)23(18-46-32(26)27)13-21-6-9-28(37)29(16-21)45-19-30(41)42/h6-12,14-16,23H,13,17-19H2,1-5H3,(H,41,42)/b38-33-/t23-/m0/s1. The van der Waals surface area contributed by atoms with E-state index < -0.39 is 41.8 Å². The molecule has 12 heteroatoms. The van der Waals surface area contributed by atoms with Gasteiger partial charge in [0.1, 0.15) is 17.2 Å². The second-order valence-electron chi connectivity index (χ2n) is 12.4. The molecule has 0 aliphatic carbocycles. The zero-order chi connectivity index (χ0) is 34.0. The van der Waals surface area contributed by atoms with E-state index in [0.29, 0.717) is 44.7 Å². The van der Waals surface area contributed by atoms with Gasteiger partial charge < -0.3 is 28.5 Å². The van der Waals surface area contributed by atoms with E-state index >= 15 is 0 Å². The van der Waals surface area contributed by atoms with Crippen LogP contribution in [-0.2, 0) is 29.5 Å². The molecule has 0 unspecified atom stereocenters. The third kappa shape index (κ3) is 7.76. The molecule has 47 heavy (non-hydrogen) atoms. The van der Waals surface area contributed by atoms with Crippen molar-refractivity contribution in [3.63, 3.8) is 0 Å². The summed E-state index contributed by atoms with van der Waals surface area (Å²) in [7, 11) is 1.75. The number of benzene rings is 3. The molecule has 1 amide bonds. The number of hydrogen-bond donors (Lipinski definition) is 1. The first kappa shape index (κ1) is 33.1. The van der Waals surface area contributed by atoms with E-state index in [1.165, 1.54) is 30.3 Å². The second-order valence-corrected chi connectivity index (χ2v) is 12.4. The lowest BCUT2D eigenvalue weighted by Crippen LogP contribution is -2.31. The molecule has 1 atom stereocenters. The van der Waals surface area contributed by atoms with Crippen LogP contribution in [0.15, 0.2) is 65.9 Å². The van der Waals surface area contributed by atoms with E-state index in [-0.39, 0.29) is 31.1 Å². The largest absolute Gasteiger partial charge is 0.491 e. The molecule has 1 aliphatic heterocycles. The summed E-state index contributed by atoms with van der Waals surface area (Å²) in [4.78, 5) is 41.7. The molecule has 0 radical (unpaired) electrons. The van der Waals surface area contributed by atoms with Crippen LogP contribution in [0.4, 0.5) is 13.6 Å². The summed E-state index contributed by atoms with van der Waals surface area (Å²) in [5.74, 6) is -3.06. The van der Waals surface area contributed by atoms with Gasteiger partial charge in [-0.1, -0.05) is 12.1 Å². The van der Waals surface area contributed by atoms with Crippen LogP contribution in [0.3, 0.4) is 0 Å². The minimum Gasteiger partial charge on any atom is -0.491 e. The number of carbonyl (C=O) groups is 3. The van der Waals surface area contributed by atoms with E-state index in [0.717, 1.165) is 0 Å². The topological polar surface area (TPSA) is 121 Å². The Hall–Kier alpha value is -5.26. The van der Waals surface area contributed by atoms with Crippen LogP contribution in [0.1, 0.15) is 47.8 Å². The number of ether oxygens (including phenoxy) is 3. The van der Waals surface area contributed by atoms with Crippen molar-refractivity contribution in [1.29, 1.82) is 0 Å². The Morgan fingerprint density at radius 1 is 1.02 bits per heavy atom. The molecule has 0 saturated carbocycles. The van der Waals surface area contributed by atoms with Gasteiger partial charge in [-0.05, 0) is 92.8 Å². The Morgan fingerprint density at radius 2 is 1.77 bits per heavy atom. The Bertz CT molecular complexity index is 1940. The summed E-state index contributed by atoms with van der Waals surface area (Å²) < 4.78 is 48.4. The van der Waals surface area contributed by atoms with Gasteiger partial charge in [0.05, 0.1) is 24.6 Å². The van der Waals surface area contributed by atoms with Crippen LogP contribution in [-0.4, -0.2) is 50.9 Å². The quantitative estimate of drug-likeness (QED) is 0.254. The maximum Gasteiger partial charge on any atom is 0.437 e. The van der Waals surface area contributed by atoms with Crippen molar-refractivity contribution in [2.75, 3.05) is 13.2 Å². The normalized spacial score (nSPS) is 14.8. The van der Waals surface area contributed by atoms with Gasteiger partial charge in [-0.15, -0.1) is 4.99 Å². The van der Waals surface area contributed by atoms with E-state index in [1.807, 2.05) is 6.07 Å². The van der Waals surface area contributed by atoms with Crippen LogP contribution in [0.2, 0.25) is 0 Å². The molecule has 4 aromatic rings. The smallest absolute Gasteiger partial charge is 0.437 e. The Morgan fingerprint density at radius 3 is 2.47 bits per heavy atom. The number of carboxylic acid groups (broad SMARTS) is 1. The zero-order valence-corrected chi connectivity index (χ0v) is 26.7. The number of aryl methyl sites for hydroxylation is 2. The third-order valence-corrected chi connectivity index (χ3v) is 7.50. The van der Waals surface area contributed by atoms with Crippen molar-refractivity contribution in [2.24, 2.45) is 18.0 Å². The Balaban J connectivity index is 1.53. The monoisotopic (exact) mass is 647 g/mol. The van der Waals surface area contributed by atoms with Crippen LogP contribution in [0.25, 0.3) is 11.1 Å². The van der Waals surface area contributed by atoms with E-state index in [4.69, 9.17) is 19.3 Å². The molecule has 246 valence electrons. The molecule has 5 rings (SSSR count). The molecular weight excluding hydrogens is 612 g/mol. The Kier molecular flexibility index (Phi) is 9.32. The summed E-state index contributed by atoms with van der Waals surface area (Å²) in [6.45, 7) is 6.57. The molecule has 0 spiro atoms. The highest BCUT2D eigenvalue weighted by molar-refractivity contribution is 6.04. The maximum atomic E-state index is 14.3. The number of ketones is 1. The number of amides is 1. The Labute approximate surface area is 269 Å². The molecule has 2 heterocycles. The molecule has 0 saturated heterocycles. The molecule has 1 N–H and O–H groups in total. The number of nitrogens with zero attached hydrogens (tertiary/aromatic N) is 3. The summed E-state index contributed by atoms with van der Waals surface area (Å²) in [6.07, 6.45) is 2.94. The summed E-state index contributed by atoms with van der Waals surface area (Å²) in [5, 5.41) is 8.91. The minimum absolute atomic E-state index is 0.0352. The fraction of sp³-hybridized carbons (Fsp3) is 0.314. The molecule has 0 bridgehead atoms. The number of rotatable bonds is 8. The van der Waals surface area contributed by atoms with Crippen LogP contribution in [0.5, 0.6) is 11.5 Å². The molecule has 10 nitrogen and oxygen atoms in total. The molecule has 0 fully saturated rings. The number of hydrogen-bond acceptors (Lipinski definition) is 6. The average Bonchev–Trinajstić information content (AvgIpc) is 3.31.